The van der Waals surface area contributed by atoms with Crippen LogP contribution in [0.4, 0.5) is 0 Å². The molecule has 2 nitrogen and oxygen atoms in total. The van der Waals surface area contributed by atoms with Crippen molar-refractivity contribution in [2.24, 2.45) is 11.1 Å². The summed E-state index contributed by atoms with van der Waals surface area (Å²) in [4.78, 5) is 0. The Hall–Kier alpha value is -1.22. The lowest BCUT2D eigenvalue weighted by Gasteiger charge is -2.06. The Morgan fingerprint density at radius 2 is 1.67 bits per heavy atom. The van der Waals surface area contributed by atoms with Gasteiger partial charge in [0.05, 0.1) is 5.71 Å². The van der Waals surface area contributed by atoms with Gasteiger partial charge in [0.15, 0.2) is 0 Å². The van der Waals surface area contributed by atoms with Crippen molar-refractivity contribution in [2.45, 2.75) is 12.3 Å². The van der Waals surface area contributed by atoms with Crippen molar-refractivity contribution >= 4 is 40.5 Å². The average molecular weight is 341 g/mol. The van der Waals surface area contributed by atoms with E-state index in [0.29, 0.717) is 20.8 Å². The molecule has 1 aliphatic rings. The zero-order valence-electron chi connectivity index (χ0n) is 10.9. The molecule has 1 fully saturated rings. The molecule has 0 unspecified atom stereocenters. The molecule has 21 heavy (non-hydrogen) atoms. The van der Waals surface area contributed by atoms with Gasteiger partial charge in [-0.1, -0.05) is 58.2 Å². The molecule has 108 valence electrons. The number of oxime groups is 1. The van der Waals surface area contributed by atoms with Crippen LogP contribution in [0.3, 0.4) is 0 Å². The van der Waals surface area contributed by atoms with Crippen LogP contribution in [-0.4, -0.2) is 10.9 Å². The van der Waals surface area contributed by atoms with Crippen LogP contribution in [0.2, 0.25) is 15.1 Å². The van der Waals surface area contributed by atoms with E-state index in [1.54, 1.807) is 18.2 Å². The first kappa shape index (κ1) is 14.7. The quantitative estimate of drug-likeness (QED) is 0.438. The van der Waals surface area contributed by atoms with E-state index in [2.05, 4.69) is 5.16 Å². The molecule has 5 heteroatoms. The van der Waals surface area contributed by atoms with E-state index in [4.69, 9.17) is 34.8 Å². The highest BCUT2D eigenvalue weighted by atomic mass is 35.5. The molecule has 1 saturated carbocycles. The van der Waals surface area contributed by atoms with Crippen LogP contribution in [0.5, 0.6) is 0 Å². The van der Waals surface area contributed by atoms with Crippen LogP contribution in [0.15, 0.2) is 47.6 Å². The van der Waals surface area contributed by atoms with E-state index in [-0.39, 0.29) is 11.8 Å². The van der Waals surface area contributed by atoms with Gasteiger partial charge >= 0.3 is 0 Å². The minimum Gasteiger partial charge on any atom is -0.411 e. The number of hydrogen-bond acceptors (Lipinski definition) is 2. The summed E-state index contributed by atoms with van der Waals surface area (Å²) < 4.78 is 0. The Kier molecular flexibility index (Phi) is 4.12. The van der Waals surface area contributed by atoms with Crippen LogP contribution in [0.25, 0.3) is 0 Å². The van der Waals surface area contributed by atoms with E-state index in [1.807, 2.05) is 24.3 Å². The van der Waals surface area contributed by atoms with Gasteiger partial charge in [-0.2, -0.15) is 0 Å². The highest BCUT2D eigenvalue weighted by Gasteiger charge is 2.43. The lowest BCUT2D eigenvalue weighted by Crippen LogP contribution is -2.05. The van der Waals surface area contributed by atoms with Crippen LogP contribution < -0.4 is 0 Å². The Morgan fingerprint density at radius 1 is 1.00 bits per heavy atom. The lowest BCUT2D eigenvalue weighted by molar-refractivity contribution is 0.317. The van der Waals surface area contributed by atoms with Crippen molar-refractivity contribution in [3.8, 4) is 0 Å². The molecule has 3 rings (SSSR count). The Labute approximate surface area is 137 Å². The Morgan fingerprint density at radius 3 is 2.29 bits per heavy atom. The number of hydrogen-bond donors (Lipinski definition) is 1. The maximum atomic E-state index is 9.34. The third-order valence-electron chi connectivity index (χ3n) is 3.75. The van der Waals surface area contributed by atoms with Gasteiger partial charge in [0.1, 0.15) is 0 Å². The molecule has 1 aliphatic carbocycles. The number of nitrogens with zero attached hydrogens (tertiary/aromatic N) is 1. The van der Waals surface area contributed by atoms with Crippen molar-refractivity contribution in [3.05, 3.63) is 68.7 Å². The molecule has 0 amide bonds. The van der Waals surface area contributed by atoms with E-state index in [9.17, 15) is 5.21 Å². The summed E-state index contributed by atoms with van der Waals surface area (Å²) in [5.74, 6) is 0.422. The zero-order chi connectivity index (χ0) is 15.0. The molecule has 0 radical (unpaired) electrons. The van der Waals surface area contributed by atoms with Crippen molar-refractivity contribution in [2.75, 3.05) is 0 Å². The third-order valence-corrected chi connectivity index (χ3v) is 4.57. The van der Waals surface area contributed by atoms with E-state index >= 15 is 0 Å². The van der Waals surface area contributed by atoms with E-state index in [0.717, 1.165) is 17.5 Å². The number of rotatable bonds is 3. The smallest absolute Gasteiger partial charge is 0.0904 e. The molecule has 1 N–H and O–H groups in total. The minimum atomic E-state index is 0.162. The molecular weight excluding hydrogens is 329 g/mol. The molecule has 0 aromatic heterocycles. The average Bonchev–Trinajstić information content (AvgIpc) is 3.22. The van der Waals surface area contributed by atoms with E-state index in [1.165, 1.54) is 0 Å². The molecule has 2 aromatic carbocycles. The standard InChI is InChI=1S/C16H12Cl3NO/c17-10-3-1-9(2-4-10)16(20-21)14-8-13(14)12-6-5-11(18)7-15(12)19/h1-7,13-14,21H,8H2/b20-16-/t13-,14+/m0/s1. The Balaban J connectivity index is 1.84. The summed E-state index contributed by atoms with van der Waals surface area (Å²) in [7, 11) is 0. The fraction of sp³-hybridized carbons (Fsp3) is 0.188. The van der Waals surface area contributed by atoms with Gasteiger partial charge in [-0.3, -0.25) is 0 Å². The summed E-state index contributed by atoms with van der Waals surface area (Å²) in [6.07, 6.45) is 0.906. The SMILES string of the molecule is O/N=C(/c1ccc(Cl)cc1)[C@@H]1C[C@H]1c1ccc(Cl)cc1Cl. The lowest BCUT2D eigenvalue weighted by atomic mass is 10.0. The highest BCUT2D eigenvalue weighted by molar-refractivity contribution is 6.35. The molecule has 2 atom stereocenters. The second kappa shape index (κ2) is 5.88. The van der Waals surface area contributed by atoms with Crippen molar-refractivity contribution < 1.29 is 5.21 Å². The number of benzene rings is 2. The molecular formula is C16H12Cl3NO. The fourth-order valence-electron chi connectivity index (χ4n) is 2.61. The number of halogens is 3. The predicted molar refractivity (Wildman–Crippen MR) is 87.1 cm³/mol. The molecule has 2 aromatic rings. The molecule has 0 spiro atoms. The summed E-state index contributed by atoms with van der Waals surface area (Å²) in [6, 6.07) is 12.8. The topological polar surface area (TPSA) is 32.6 Å². The van der Waals surface area contributed by atoms with Gasteiger partial charge in [0.25, 0.3) is 0 Å². The summed E-state index contributed by atoms with van der Waals surface area (Å²) in [5.41, 5.74) is 2.59. The monoisotopic (exact) mass is 339 g/mol. The summed E-state index contributed by atoms with van der Waals surface area (Å²) in [6.45, 7) is 0. The third kappa shape index (κ3) is 3.03. The maximum absolute atomic E-state index is 9.34. The first-order chi connectivity index (χ1) is 10.1. The maximum Gasteiger partial charge on any atom is 0.0904 e. The first-order valence-corrected chi connectivity index (χ1v) is 7.66. The summed E-state index contributed by atoms with van der Waals surface area (Å²) in [5, 5.41) is 14.7. The van der Waals surface area contributed by atoms with Gasteiger partial charge in [-0.25, -0.2) is 0 Å². The fourth-order valence-corrected chi connectivity index (χ4v) is 3.28. The Bertz CT molecular complexity index is 697. The molecule has 0 heterocycles. The highest BCUT2D eigenvalue weighted by Crippen LogP contribution is 2.51. The van der Waals surface area contributed by atoms with Gasteiger partial charge in [0, 0.05) is 21.0 Å². The van der Waals surface area contributed by atoms with Crippen molar-refractivity contribution in [1.82, 2.24) is 0 Å². The van der Waals surface area contributed by atoms with Gasteiger partial charge in [-0.15, -0.1) is 0 Å². The van der Waals surface area contributed by atoms with Crippen molar-refractivity contribution in [1.29, 1.82) is 0 Å². The van der Waals surface area contributed by atoms with Crippen LogP contribution in [0, 0.1) is 5.92 Å². The van der Waals surface area contributed by atoms with Gasteiger partial charge < -0.3 is 5.21 Å². The molecule has 0 aliphatic heterocycles. The van der Waals surface area contributed by atoms with E-state index < -0.39 is 0 Å². The largest absolute Gasteiger partial charge is 0.411 e. The first-order valence-electron chi connectivity index (χ1n) is 6.53. The second-order valence-corrected chi connectivity index (χ2v) is 6.39. The predicted octanol–water partition coefficient (Wildman–Crippen LogP) is 5.63. The zero-order valence-corrected chi connectivity index (χ0v) is 13.2. The van der Waals surface area contributed by atoms with Gasteiger partial charge in [-0.05, 0) is 47.7 Å². The van der Waals surface area contributed by atoms with Gasteiger partial charge in [0.2, 0.25) is 0 Å². The molecule has 0 saturated heterocycles. The van der Waals surface area contributed by atoms with Crippen molar-refractivity contribution in [3.63, 3.8) is 0 Å². The minimum absolute atomic E-state index is 0.162. The second-order valence-electron chi connectivity index (χ2n) is 5.11. The normalized spacial score (nSPS) is 21.4. The van der Waals surface area contributed by atoms with Crippen LogP contribution >= 0.6 is 34.8 Å². The summed E-state index contributed by atoms with van der Waals surface area (Å²) >= 11 is 18.0. The van der Waals surface area contributed by atoms with Crippen LogP contribution in [-0.2, 0) is 0 Å². The molecule has 0 bridgehead atoms. The van der Waals surface area contributed by atoms with Crippen LogP contribution in [0.1, 0.15) is 23.5 Å².